The number of hydrogen-bond donors (Lipinski definition) is 1. The van der Waals surface area contributed by atoms with Crippen LogP contribution in [-0.2, 0) is 9.53 Å². The van der Waals surface area contributed by atoms with Crippen molar-refractivity contribution in [3.05, 3.63) is 0 Å². The van der Waals surface area contributed by atoms with E-state index in [0.717, 1.165) is 25.7 Å². The highest BCUT2D eigenvalue weighted by atomic mass is 16.5. The average molecular weight is 244 g/mol. The first kappa shape index (κ1) is 16.4. The van der Waals surface area contributed by atoms with Gasteiger partial charge in [0.05, 0.1) is 12.0 Å². The molecule has 0 aliphatic heterocycles. The van der Waals surface area contributed by atoms with Gasteiger partial charge in [0.25, 0.3) is 0 Å². The number of carbonyl (C=O) groups excluding carboxylic acids is 1. The fourth-order valence-electron chi connectivity index (χ4n) is 2.32. The molecule has 2 N–H and O–H groups in total. The second-order valence-electron chi connectivity index (χ2n) is 4.70. The maximum absolute atomic E-state index is 12.5. The summed E-state index contributed by atoms with van der Waals surface area (Å²) >= 11 is 0. The summed E-state index contributed by atoms with van der Waals surface area (Å²) in [5.74, 6) is 0.167. The third-order valence-corrected chi connectivity index (χ3v) is 3.28. The second-order valence-corrected chi connectivity index (χ2v) is 4.70. The Morgan fingerprint density at radius 2 is 1.82 bits per heavy atom. The number of ether oxygens (including phenoxy) is 1. The smallest absolute Gasteiger partial charge is 0.229 e. The maximum atomic E-state index is 12.5. The lowest BCUT2D eigenvalue weighted by Gasteiger charge is -2.34. The van der Waals surface area contributed by atoms with Gasteiger partial charge in [0.2, 0.25) is 5.91 Å². The fourth-order valence-corrected chi connectivity index (χ4v) is 2.32. The molecule has 0 aromatic carbocycles. The normalized spacial score (nSPS) is 11.6. The molecular weight excluding hydrogens is 216 g/mol. The molecule has 0 aromatic rings. The van der Waals surface area contributed by atoms with Crippen molar-refractivity contribution in [3.63, 3.8) is 0 Å². The fraction of sp³-hybridized carbons (Fsp3) is 0.923. The van der Waals surface area contributed by atoms with Crippen LogP contribution in [0.15, 0.2) is 0 Å². The summed E-state index contributed by atoms with van der Waals surface area (Å²) in [4.78, 5) is 14.2. The van der Waals surface area contributed by atoms with Crippen LogP contribution in [0.2, 0.25) is 0 Å². The van der Waals surface area contributed by atoms with Crippen molar-refractivity contribution in [2.75, 3.05) is 33.9 Å². The molecule has 0 heterocycles. The van der Waals surface area contributed by atoms with E-state index >= 15 is 0 Å². The molecule has 0 saturated heterocycles. The number of methoxy groups -OCH3 is 1. The van der Waals surface area contributed by atoms with E-state index in [9.17, 15) is 4.79 Å². The van der Waals surface area contributed by atoms with E-state index in [1.807, 2.05) is 7.05 Å². The van der Waals surface area contributed by atoms with Gasteiger partial charge < -0.3 is 15.4 Å². The van der Waals surface area contributed by atoms with Gasteiger partial charge in [-0.2, -0.15) is 0 Å². The molecule has 0 bridgehead atoms. The van der Waals surface area contributed by atoms with Gasteiger partial charge in [-0.3, -0.25) is 4.79 Å². The lowest BCUT2D eigenvalue weighted by atomic mass is 9.78. The van der Waals surface area contributed by atoms with Crippen LogP contribution < -0.4 is 5.73 Å². The molecule has 0 aliphatic carbocycles. The molecule has 4 nitrogen and oxygen atoms in total. The minimum atomic E-state index is -0.369. The number of rotatable bonds is 9. The van der Waals surface area contributed by atoms with E-state index in [1.54, 1.807) is 12.0 Å². The average Bonchev–Trinajstić information content (AvgIpc) is 2.34. The zero-order chi connectivity index (χ0) is 13.3. The van der Waals surface area contributed by atoms with E-state index < -0.39 is 0 Å². The van der Waals surface area contributed by atoms with Gasteiger partial charge in [-0.25, -0.2) is 0 Å². The highest BCUT2D eigenvalue weighted by Gasteiger charge is 2.37. The zero-order valence-electron chi connectivity index (χ0n) is 11.8. The molecule has 0 aromatic heterocycles. The van der Waals surface area contributed by atoms with Gasteiger partial charge in [-0.1, -0.05) is 26.7 Å². The number of nitrogens with two attached hydrogens (primary N) is 1. The van der Waals surface area contributed by atoms with Crippen LogP contribution in [0, 0.1) is 5.41 Å². The Bertz CT molecular complexity index is 213. The van der Waals surface area contributed by atoms with E-state index in [0.29, 0.717) is 19.7 Å². The maximum Gasteiger partial charge on any atom is 0.229 e. The first-order chi connectivity index (χ1) is 8.07. The van der Waals surface area contributed by atoms with Crippen molar-refractivity contribution < 1.29 is 9.53 Å². The lowest BCUT2D eigenvalue weighted by Crippen LogP contribution is -2.47. The molecule has 4 heteroatoms. The van der Waals surface area contributed by atoms with E-state index in [2.05, 4.69) is 13.8 Å². The third kappa shape index (κ3) is 4.64. The van der Waals surface area contributed by atoms with Crippen molar-refractivity contribution in [1.82, 2.24) is 4.90 Å². The first-order valence-corrected chi connectivity index (χ1v) is 6.52. The molecule has 102 valence electrons. The van der Waals surface area contributed by atoms with E-state index in [-0.39, 0.29) is 11.3 Å². The summed E-state index contributed by atoms with van der Waals surface area (Å²) in [5, 5.41) is 0. The minimum Gasteiger partial charge on any atom is -0.383 e. The molecule has 0 atom stereocenters. The number of hydrogen-bond acceptors (Lipinski definition) is 3. The topological polar surface area (TPSA) is 55.6 Å². The van der Waals surface area contributed by atoms with Crippen LogP contribution in [0.4, 0.5) is 0 Å². The predicted octanol–water partition coefficient (Wildman–Crippen LogP) is 1.64. The summed E-state index contributed by atoms with van der Waals surface area (Å²) in [5.41, 5.74) is 5.50. The number of carbonyl (C=O) groups is 1. The summed E-state index contributed by atoms with van der Waals surface area (Å²) in [6.45, 7) is 5.83. The Morgan fingerprint density at radius 1 is 1.29 bits per heavy atom. The molecule has 0 aliphatic rings. The first-order valence-electron chi connectivity index (χ1n) is 6.52. The van der Waals surface area contributed by atoms with Gasteiger partial charge in [-0.15, -0.1) is 0 Å². The molecule has 0 fully saturated rings. The molecule has 0 rings (SSSR count). The summed E-state index contributed by atoms with van der Waals surface area (Å²) in [6, 6.07) is 0. The molecule has 0 saturated carbocycles. The largest absolute Gasteiger partial charge is 0.383 e. The standard InChI is InChI=1S/C13H28N2O2/c1-5-7-13(11-14,8-6-2)12(16)15(3)9-10-17-4/h5-11,14H2,1-4H3. The second kappa shape index (κ2) is 8.48. The van der Waals surface area contributed by atoms with Crippen molar-refractivity contribution in [1.29, 1.82) is 0 Å². The molecule has 0 unspecified atom stereocenters. The summed E-state index contributed by atoms with van der Waals surface area (Å²) in [7, 11) is 3.48. The molecule has 0 radical (unpaired) electrons. The zero-order valence-corrected chi connectivity index (χ0v) is 11.8. The summed E-state index contributed by atoms with van der Waals surface area (Å²) < 4.78 is 5.00. The van der Waals surface area contributed by atoms with Crippen LogP contribution >= 0.6 is 0 Å². The predicted molar refractivity (Wildman–Crippen MR) is 70.8 cm³/mol. The molecule has 1 amide bonds. The quantitative estimate of drug-likeness (QED) is 0.671. The number of nitrogens with zero attached hydrogens (tertiary/aromatic N) is 1. The lowest BCUT2D eigenvalue weighted by molar-refractivity contribution is -0.141. The van der Waals surface area contributed by atoms with Gasteiger partial charge in [-0.05, 0) is 12.8 Å². The third-order valence-electron chi connectivity index (χ3n) is 3.28. The van der Waals surface area contributed by atoms with Crippen molar-refractivity contribution in [2.45, 2.75) is 39.5 Å². The summed E-state index contributed by atoms with van der Waals surface area (Å²) in [6.07, 6.45) is 3.71. The Kier molecular flexibility index (Phi) is 8.17. The Morgan fingerprint density at radius 3 is 2.18 bits per heavy atom. The molecule has 0 spiro atoms. The van der Waals surface area contributed by atoms with Gasteiger partial charge in [0, 0.05) is 27.2 Å². The SMILES string of the molecule is CCCC(CN)(CCC)C(=O)N(C)CCOC. The van der Waals surface area contributed by atoms with Crippen molar-refractivity contribution >= 4 is 5.91 Å². The van der Waals surface area contributed by atoms with Gasteiger partial charge >= 0.3 is 0 Å². The monoisotopic (exact) mass is 244 g/mol. The highest BCUT2D eigenvalue weighted by molar-refractivity contribution is 5.82. The molecule has 17 heavy (non-hydrogen) atoms. The van der Waals surface area contributed by atoms with Crippen molar-refractivity contribution in [3.8, 4) is 0 Å². The Labute approximate surface area is 105 Å². The highest BCUT2D eigenvalue weighted by Crippen LogP contribution is 2.30. The van der Waals surface area contributed by atoms with Gasteiger partial charge in [0.15, 0.2) is 0 Å². The molecular formula is C13H28N2O2. The Balaban J connectivity index is 4.70. The van der Waals surface area contributed by atoms with E-state index in [1.165, 1.54) is 0 Å². The number of amides is 1. The Hall–Kier alpha value is -0.610. The number of likely N-dealkylation sites (N-methyl/N-ethyl adjacent to an activating group) is 1. The van der Waals surface area contributed by atoms with Crippen molar-refractivity contribution in [2.24, 2.45) is 11.1 Å². The van der Waals surface area contributed by atoms with Crippen LogP contribution in [-0.4, -0.2) is 44.7 Å². The van der Waals surface area contributed by atoms with Crippen LogP contribution in [0.3, 0.4) is 0 Å². The minimum absolute atomic E-state index is 0.167. The van der Waals surface area contributed by atoms with Crippen LogP contribution in [0.5, 0.6) is 0 Å². The van der Waals surface area contributed by atoms with Gasteiger partial charge in [0.1, 0.15) is 0 Å². The van der Waals surface area contributed by atoms with Crippen LogP contribution in [0.1, 0.15) is 39.5 Å². The van der Waals surface area contributed by atoms with E-state index in [4.69, 9.17) is 10.5 Å². The van der Waals surface area contributed by atoms with Crippen LogP contribution in [0.25, 0.3) is 0 Å².